The van der Waals surface area contributed by atoms with E-state index in [0.717, 1.165) is 30.6 Å². The molecule has 0 saturated carbocycles. The molecular weight excluding hydrogens is 310 g/mol. The molecule has 0 aliphatic carbocycles. The molecule has 7 nitrogen and oxygen atoms in total. The van der Waals surface area contributed by atoms with Crippen molar-refractivity contribution in [2.24, 2.45) is 0 Å². The Morgan fingerprint density at radius 2 is 2.04 bits per heavy atom. The van der Waals surface area contributed by atoms with E-state index in [4.69, 9.17) is 9.84 Å². The van der Waals surface area contributed by atoms with Gasteiger partial charge < -0.3 is 20.5 Å². The largest absolute Gasteiger partial charge is 0.496 e. The molecule has 0 bridgehead atoms. The van der Waals surface area contributed by atoms with Gasteiger partial charge in [0.05, 0.1) is 13.7 Å². The fourth-order valence-corrected chi connectivity index (χ4v) is 2.89. The van der Waals surface area contributed by atoms with Crippen LogP contribution in [0.3, 0.4) is 0 Å². The number of ether oxygens (including phenoxy) is 1. The van der Waals surface area contributed by atoms with Crippen molar-refractivity contribution in [3.8, 4) is 5.75 Å². The number of likely N-dealkylation sites (tertiary alicyclic amines) is 1. The fraction of sp³-hybridized carbons (Fsp3) is 0.529. The number of hydrogen-bond acceptors (Lipinski definition) is 4. The highest BCUT2D eigenvalue weighted by Crippen LogP contribution is 2.23. The molecule has 0 atom stereocenters. The Balaban J connectivity index is 1.83. The van der Waals surface area contributed by atoms with Crippen LogP contribution in [0.2, 0.25) is 0 Å². The lowest BCUT2D eigenvalue weighted by atomic mass is 10.1. The normalized spacial score (nSPS) is 15.8. The number of methoxy groups -OCH3 is 1. The van der Waals surface area contributed by atoms with E-state index < -0.39 is 5.97 Å². The fourth-order valence-electron chi connectivity index (χ4n) is 2.89. The van der Waals surface area contributed by atoms with Gasteiger partial charge in [0.1, 0.15) is 5.75 Å². The molecule has 1 fully saturated rings. The van der Waals surface area contributed by atoms with E-state index in [1.54, 1.807) is 7.11 Å². The summed E-state index contributed by atoms with van der Waals surface area (Å²) in [5.74, 6) is -0.0547. The number of carbonyl (C=O) groups excluding carboxylic acids is 1. The molecule has 0 unspecified atom stereocenters. The van der Waals surface area contributed by atoms with E-state index in [1.807, 2.05) is 30.0 Å². The van der Waals surface area contributed by atoms with Gasteiger partial charge in [-0.1, -0.05) is 13.0 Å². The van der Waals surface area contributed by atoms with Gasteiger partial charge in [-0.3, -0.25) is 9.69 Å². The molecule has 0 aromatic heterocycles. The number of hydrogen-bond donors (Lipinski definition) is 3. The van der Waals surface area contributed by atoms with Gasteiger partial charge in [0, 0.05) is 30.9 Å². The Labute approximate surface area is 142 Å². The number of nitrogens with zero attached hydrogens (tertiary/aromatic N) is 1. The zero-order chi connectivity index (χ0) is 17.5. The Kier molecular flexibility index (Phi) is 6.43. The van der Waals surface area contributed by atoms with Gasteiger partial charge in [-0.2, -0.15) is 0 Å². The molecule has 24 heavy (non-hydrogen) atoms. The molecule has 1 saturated heterocycles. The van der Waals surface area contributed by atoms with Gasteiger partial charge in [0.25, 0.3) is 0 Å². The van der Waals surface area contributed by atoms with Gasteiger partial charge in [-0.15, -0.1) is 0 Å². The highest BCUT2D eigenvalue weighted by atomic mass is 16.5. The monoisotopic (exact) mass is 335 g/mol. The number of carboxylic acid groups (broad SMARTS) is 1. The number of piperidine rings is 1. The number of rotatable bonds is 6. The lowest BCUT2D eigenvalue weighted by Gasteiger charge is -2.31. The first-order valence-electron chi connectivity index (χ1n) is 8.20. The second-order valence-corrected chi connectivity index (χ2v) is 5.92. The standard InChI is InChI=1S/C17H25N3O4/c1-3-12-4-5-14(10-15(12)24-2)19-17(23)18-13-6-8-20(9-7-13)11-16(21)22/h4-5,10,13H,3,6-9,11H2,1-2H3,(H,21,22)(H2,18,19,23). The number of aliphatic carboxylic acids is 1. The van der Waals surface area contributed by atoms with E-state index in [9.17, 15) is 9.59 Å². The zero-order valence-electron chi connectivity index (χ0n) is 14.2. The van der Waals surface area contributed by atoms with Crippen LogP contribution in [0.5, 0.6) is 5.75 Å². The molecule has 132 valence electrons. The summed E-state index contributed by atoms with van der Waals surface area (Å²) in [4.78, 5) is 24.7. The van der Waals surface area contributed by atoms with Crippen molar-refractivity contribution in [3.63, 3.8) is 0 Å². The molecule has 0 radical (unpaired) electrons. The molecule has 2 amide bonds. The van der Waals surface area contributed by atoms with Crippen LogP contribution in [-0.2, 0) is 11.2 Å². The molecule has 1 aliphatic heterocycles. The van der Waals surface area contributed by atoms with Crippen LogP contribution >= 0.6 is 0 Å². The maximum absolute atomic E-state index is 12.1. The average Bonchev–Trinajstić information content (AvgIpc) is 2.56. The summed E-state index contributed by atoms with van der Waals surface area (Å²) in [5, 5.41) is 14.6. The van der Waals surface area contributed by atoms with Crippen LogP contribution in [0.25, 0.3) is 0 Å². The molecule has 7 heteroatoms. The number of benzene rings is 1. The quantitative estimate of drug-likeness (QED) is 0.739. The predicted molar refractivity (Wildman–Crippen MR) is 91.6 cm³/mol. The second-order valence-electron chi connectivity index (χ2n) is 5.92. The number of carboxylic acids is 1. The first-order valence-corrected chi connectivity index (χ1v) is 8.20. The Morgan fingerprint density at radius 1 is 1.33 bits per heavy atom. The molecule has 0 spiro atoms. The maximum atomic E-state index is 12.1. The van der Waals surface area contributed by atoms with E-state index >= 15 is 0 Å². The van der Waals surface area contributed by atoms with Crippen molar-refractivity contribution in [1.29, 1.82) is 0 Å². The van der Waals surface area contributed by atoms with Crippen molar-refractivity contribution in [2.75, 3.05) is 32.1 Å². The van der Waals surface area contributed by atoms with E-state index in [-0.39, 0.29) is 18.6 Å². The number of carbonyl (C=O) groups is 2. The summed E-state index contributed by atoms with van der Waals surface area (Å²) < 4.78 is 5.33. The molecule has 1 aromatic rings. The number of aryl methyl sites for hydroxylation is 1. The Morgan fingerprint density at radius 3 is 2.62 bits per heavy atom. The first-order chi connectivity index (χ1) is 11.5. The molecule has 1 aromatic carbocycles. The van der Waals surface area contributed by atoms with Gasteiger partial charge in [-0.05, 0) is 30.9 Å². The number of nitrogens with one attached hydrogen (secondary N) is 2. The van der Waals surface area contributed by atoms with Crippen LogP contribution in [0, 0.1) is 0 Å². The van der Waals surface area contributed by atoms with E-state index in [0.29, 0.717) is 18.8 Å². The average molecular weight is 335 g/mol. The van der Waals surface area contributed by atoms with Crippen molar-refractivity contribution < 1.29 is 19.4 Å². The van der Waals surface area contributed by atoms with Crippen LogP contribution < -0.4 is 15.4 Å². The van der Waals surface area contributed by atoms with Gasteiger partial charge >= 0.3 is 12.0 Å². The van der Waals surface area contributed by atoms with Gasteiger partial charge in [0.2, 0.25) is 0 Å². The van der Waals surface area contributed by atoms with E-state index in [1.165, 1.54) is 0 Å². The minimum atomic E-state index is -0.816. The SMILES string of the molecule is CCc1ccc(NC(=O)NC2CCN(CC(=O)O)CC2)cc1OC. The van der Waals surface area contributed by atoms with Crippen molar-refractivity contribution in [3.05, 3.63) is 23.8 Å². The van der Waals surface area contributed by atoms with Crippen molar-refractivity contribution in [2.45, 2.75) is 32.2 Å². The van der Waals surface area contributed by atoms with Crippen molar-refractivity contribution >= 4 is 17.7 Å². The van der Waals surface area contributed by atoms with Gasteiger partial charge in [-0.25, -0.2) is 4.79 Å². The smallest absolute Gasteiger partial charge is 0.319 e. The van der Waals surface area contributed by atoms with E-state index in [2.05, 4.69) is 10.6 Å². The molecular formula is C17H25N3O4. The predicted octanol–water partition coefficient (Wildman–Crippen LogP) is 1.93. The Hall–Kier alpha value is -2.28. The third-order valence-corrected chi connectivity index (χ3v) is 4.21. The van der Waals surface area contributed by atoms with Crippen molar-refractivity contribution in [1.82, 2.24) is 10.2 Å². The topological polar surface area (TPSA) is 90.9 Å². The van der Waals surface area contributed by atoms with Gasteiger partial charge in [0.15, 0.2) is 0 Å². The number of amides is 2. The summed E-state index contributed by atoms with van der Waals surface area (Å²) >= 11 is 0. The molecule has 1 aliphatic rings. The Bertz CT molecular complexity index is 583. The summed E-state index contributed by atoms with van der Waals surface area (Å²) in [6.07, 6.45) is 2.36. The van der Waals surface area contributed by atoms with Crippen LogP contribution in [0.1, 0.15) is 25.3 Å². The third kappa shape index (κ3) is 5.13. The molecule has 3 N–H and O–H groups in total. The molecule has 1 heterocycles. The summed E-state index contributed by atoms with van der Waals surface area (Å²) in [6, 6.07) is 5.42. The summed E-state index contributed by atoms with van der Waals surface area (Å²) in [7, 11) is 1.61. The third-order valence-electron chi connectivity index (χ3n) is 4.21. The highest BCUT2D eigenvalue weighted by Gasteiger charge is 2.21. The van der Waals surface area contributed by atoms with Crippen LogP contribution in [-0.4, -0.2) is 54.8 Å². The minimum Gasteiger partial charge on any atom is -0.496 e. The minimum absolute atomic E-state index is 0.0580. The first kappa shape index (κ1) is 18.1. The number of anilines is 1. The maximum Gasteiger partial charge on any atom is 0.319 e. The lowest BCUT2D eigenvalue weighted by molar-refractivity contribution is -0.138. The number of urea groups is 1. The highest BCUT2D eigenvalue weighted by molar-refractivity contribution is 5.89. The lowest BCUT2D eigenvalue weighted by Crippen LogP contribution is -2.47. The summed E-state index contributed by atoms with van der Waals surface area (Å²) in [5.41, 5.74) is 1.78. The molecule has 2 rings (SSSR count). The second kappa shape index (κ2) is 8.54. The van der Waals surface area contributed by atoms with Crippen LogP contribution in [0.4, 0.5) is 10.5 Å². The zero-order valence-corrected chi connectivity index (χ0v) is 14.2. The summed E-state index contributed by atoms with van der Waals surface area (Å²) in [6.45, 7) is 3.46. The van der Waals surface area contributed by atoms with Crippen LogP contribution in [0.15, 0.2) is 18.2 Å².